The molecule has 744 valence electrons. The van der Waals surface area contributed by atoms with Crippen molar-refractivity contribution in [3.05, 3.63) is 291 Å². The molecule has 0 aliphatic rings. The predicted molar refractivity (Wildman–Crippen MR) is 545 cm³/mol. The SMILES string of the molecule is C=CC(=O)OCCCCCCOc1ccc(CCC(=O)Oc2ccc3c(c2)nc(Oc2ccc(O)cc2)c2cc(OC(=O)CCc4ccc(OCCCCCCOC(=O)C=C)cc4)ccc23)cc1.C=CC(=O)OCCCCCCOc1ccc(CCC(=O)Oc2ccc3c(c2)nc(Oc2ccc(OCCCCCC)cc2)c2cc(OC(=O)CCc4ccc(OCCCCCCOC(=O)C=C)cc4)ccc23)cc1. The molecule has 26 nitrogen and oxygen atoms in total. The fraction of sp³-hybridized carbons (Fsp3) is 0.328. The highest BCUT2D eigenvalue weighted by Crippen LogP contribution is 2.41. The number of phenolic OH excluding ortho intramolecular Hbond substituents is 1. The van der Waals surface area contributed by atoms with Gasteiger partial charge in [0.2, 0.25) is 11.8 Å². The number of aromatic hydroxyl groups is 1. The minimum atomic E-state index is -0.405. The molecular weight excluding hydrogens is 1810 g/mol. The Balaban J connectivity index is 0.000000272. The molecule has 0 bridgehead atoms. The van der Waals surface area contributed by atoms with Crippen LogP contribution in [0.2, 0.25) is 0 Å². The van der Waals surface area contributed by atoms with Crippen LogP contribution < -0.4 is 52.1 Å². The summed E-state index contributed by atoms with van der Waals surface area (Å²) >= 11 is 0. The zero-order valence-corrected chi connectivity index (χ0v) is 80.8. The molecule has 1 N–H and O–H groups in total. The number of rotatable bonds is 62. The zero-order chi connectivity index (χ0) is 100. The highest BCUT2D eigenvalue weighted by molar-refractivity contribution is 6.10. The first-order valence-corrected chi connectivity index (χ1v) is 48.8. The van der Waals surface area contributed by atoms with Gasteiger partial charge < -0.3 is 76.2 Å². The first-order chi connectivity index (χ1) is 69.3. The third-order valence-corrected chi connectivity index (χ3v) is 22.7. The summed E-state index contributed by atoms with van der Waals surface area (Å²) < 4.78 is 85.4. The molecule has 0 saturated heterocycles. The molecule has 0 atom stereocenters. The molecule has 2 heterocycles. The van der Waals surface area contributed by atoms with E-state index in [-0.39, 0.29) is 55.1 Å². The van der Waals surface area contributed by atoms with Crippen LogP contribution in [0.5, 0.6) is 80.8 Å². The Kier molecular flexibility index (Phi) is 45.1. The number of hydrogen-bond acceptors (Lipinski definition) is 26. The first kappa shape index (κ1) is 107. The summed E-state index contributed by atoms with van der Waals surface area (Å²) in [5, 5.41) is 14.2. The summed E-state index contributed by atoms with van der Waals surface area (Å²) in [6.45, 7) is 20.3. The average Bonchev–Trinajstić information content (AvgIpc) is 0.764. The molecular formula is C116H126N2O24. The number of aromatic nitrogens is 2. The van der Waals surface area contributed by atoms with Gasteiger partial charge in [-0.25, -0.2) is 29.1 Å². The summed E-state index contributed by atoms with van der Waals surface area (Å²) in [6.07, 6.45) is 26.1. The van der Waals surface area contributed by atoms with Crippen LogP contribution in [0.3, 0.4) is 0 Å². The van der Waals surface area contributed by atoms with E-state index < -0.39 is 35.8 Å². The lowest BCUT2D eigenvalue weighted by molar-refractivity contribution is -0.138. The molecule has 12 aromatic rings. The van der Waals surface area contributed by atoms with Crippen LogP contribution in [0, 0.1) is 0 Å². The number of esters is 8. The molecule has 0 unspecified atom stereocenters. The highest BCUT2D eigenvalue weighted by atomic mass is 16.6. The van der Waals surface area contributed by atoms with Gasteiger partial charge in [-0.2, -0.15) is 0 Å². The van der Waals surface area contributed by atoms with Crippen LogP contribution in [0.25, 0.3) is 43.4 Å². The van der Waals surface area contributed by atoms with E-state index in [2.05, 4.69) is 33.2 Å². The van der Waals surface area contributed by atoms with Gasteiger partial charge in [0, 0.05) is 83.7 Å². The maximum absolute atomic E-state index is 13.2. The Morgan fingerprint density at radius 3 is 0.746 bits per heavy atom. The number of phenols is 1. The summed E-state index contributed by atoms with van der Waals surface area (Å²) in [5.41, 5.74) is 4.96. The Hall–Kier alpha value is -15.3. The summed E-state index contributed by atoms with van der Waals surface area (Å²) in [7, 11) is 0. The number of carbonyl (C=O) groups excluding carboxylic acids is 8. The van der Waals surface area contributed by atoms with Gasteiger partial charge >= 0.3 is 47.8 Å². The van der Waals surface area contributed by atoms with Crippen LogP contribution in [0.15, 0.2) is 269 Å². The summed E-state index contributed by atoms with van der Waals surface area (Å²) in [4.78, 5) is 107. The lowest BCUT2D eigenvalue weighted by Gasteiger charge is -2.14. The molecule has 2 aromatic heterocycles. The van der Waals surface area contributed by atoms with Crippen LogP contribution in [-0.2, 0) is 83.0 Å². The van der Waals surface area contributed by atoms with E-state index in [0.29, 0.717) is 141 Å². The first-order valence-electron chi connectivity index (χ1n) is 48.8. The van der Waals surface area contributed by atoms with Gasteiger partial charge in [0.15, 0.2) is 0 Å². The van der Waals surface area contributed by atoms with Gasteiger partial charge in [-0.1, -0.05) is 101 Å². The van der Waals surface area contributed by atoms with E-state index in [1.807, 2.05) is 146 Å². The van der Waals surface area contributed by atoms with Gasteiger partial charge in [0.05, 0.1) is 70.5 Å². The van der Waals surface area contributed by atoms with Crippen LogP contribution in [0.4, 0.5) is 0 Å². The molecule has 10 aromatic carbocycles. The Morgan fingerprint density at radius 2 is 0.479 bits per heavy atom. The van der Waals surface area contributed by atoms with Crippen LogP contribution >= 0.6 is 0 Å². The van der Waals surface area contributed by atoms with E-state index in [0.717, 1.165) is 207 Å². The van der Waals surface area contributed by atoms with Crippen molar-refractivity contribution in [2.75, 3.05) is 59.5 Å². The van der Waals surface area contributed by atoms with E-state index in [1.165, 1.54) is 30.7 Å². The quantitative estimate of drug-likeness (QED) is 0.00924. The van der Waals surface area contributed by atoms with Gasteiger partial charge in [0.25, 0.3) is 0 Å². The smallest absolute Gasteiger partial charge is 0.330 e. The molecule has 0 fully saturated rings. The fourth-order valence-corrected chi connectivity index (χ4v) is 15.0. The predicted octanol–water partition coefficient (Wildman–Crippen LogP) is 24.9. The van der Waals surface area contributed by atoms with Gasteiger partial charge in [-0.15, -0.1) is 0 Å². The van der Waals surface area contributed by atoms with E-state index in [4.69, 9.17) is 81.0 Å². The number of hydrogen-bond donors (Lipinski definition) is 1. The van der Waals surface area contributed by atoms with Crippen molar-refractivity contribution in [3.63, 3.8) is 0 Å². The number of pyridine rings is 2. The van der Waals surface area contributed by atoms with E-state index >= 15 is 0 Å². The number of fused-ring (bicyclic) bond motifs is 6. The van der Waals surface area contributed by atoms with Gasteiger partial charge in [-0.05, 0) is 326 Å². The molecule has 0 saturated carbocycles. The van der Waals surface area contributed by atoms with Crippen LogP contribution in [0.1, 0.15) is 183 Å². The molecule has 26 heteroatoms. The normalized spacial score (nSPS) is 10.9. The second kappa shape index (κ2) is 59.8. The second-order valence-electron chi connectivity index (χ2n) is 33.7. The number of aryl methyl sites for hydroxylation is 4. The zero-order valence-electron chi connectivity index (χ0n) is 80.8. The average molecular weight is 1930 g/mol. The van der Waals surface area contributed by atoms with Crippen molar-refractivity contribution in [1.29, 1.82) is 0 Å². The minimum Gasteiger partial charge on any atom is -0.508 e. The summed E-state index contributed by atoms with van der Waals surface area (Å²) in [6, 6.07) is 65.5. The van der Waals surface area contributed by atoms with Crippen molar-refractivity contribution in [1.82, 2.24) is 9.97 Å². The number of nitrogens with zero attached hydrogens (tertiary/aromatic N) is 2. The Bertz CT molecular complexity index is 6100. The Morgan fingerprint density at radius 1 is 0.254 bits per heavy atom. The number of unbranched alkanes of at least 4 members (excludes halogenated alkanes) is 15. The van der Waals surface area contributed by atoms with Crippen molar-refractivity contribution in [3.8, 4) is 80.8 Å². The molecule has 0 aliphatic heterocycles. The molecule has 142 heavy (non-hydrogen) atoms. The maximum Gasteiger partial charge on any atom is 0.330 e. The van der Waals surface area contributed by atoms with E-state index in [1.54, 1.807) is 60.7 Å². The third-order valence-electron chi connectivity index (χ3n) is 22.7. The monoisotopic (exact) mass is 1930 g/mol. The maximum atomic E-state index is 13.2. The van der Waals surface area contributed by atoms with Gasteiger partial charge in [-0.3, -0.25) is 19.2 Å². The largest absolute Gasteiger partial charge is 0.508 e. The fourth-order valence-electron chi connectivity index (χ4n) is 15.0. The number of benzene rings is 10. The van der Waals surface area contributed by atoms with E-state index in [9.17, 15) is 43.5 Å². The molecule has 12 rings (SSSR count). The van der Waals surface area contributed by atoms with Crippen molar-refractivity contribution < 1.29 is 115 Å². The Labute approximate surface area is 829 Å². The standard InChI is InChI=1S/C61H69NO12.C55H57NO12/c1-4-7-8-13-38-69-49-28-30-50(31-29-49)74-61-55-43-51(72-59(65)36-22-45-18-24-47(25-19-45)67-39-14-9-11-16-41-70-57(63)5-2)32-34-53(55)54-35-33-52(44-56(54)62-61)73-60(66)37-23-46-20-26-48(27-21-46)68-40-15-10-12-17-42-71-58(64)6-3;1-3-51(58)64-35-11-7-5-9-33-62-42-21-13-39(14-22-42)17-31-53(60)66-45-27-29-47-48-30-28-46(38-50(48)56-55(49(47)37-45)68-44-25-19-41(57)20-26-44)67-54(61)32-18-40-15-23-43(24-16-40)63-34-10-6-8-12-36-65-52(59)4-2/h5-6,18-21,24-35,43-44H,2-4,7-17,22-23,36-42H2,1H3;3-4,13-16,19-30,37-38,57H,1-2,5-12,17-18,31-36H2. The highest BCUT2D eigenvalue weighted by Gasteiger charge is 2.21. The number of ether oxygens (including phenoxy) is 15. The number of carbonyl (C=O) groups is 8. The molecule has 0 amide bonds. The molecule has 0 radical (unpaired) electrons. The third kappa shape index (κ3) is 38.1. The lowest BCUT2D eigenvalue weighted by atomic mass is 10.1. The summed E-state index contributed by atoms with van der Waals surface area (Å²) in [5.74, 6) is 3.50. The molecule has 0 spiro atoms. The van der Waals surface area contributed by atoms with Crippen molar-refractivity contribution in [2.45, 2.75) is 187 Å². The molecule has 0 aliphatic carbocycles. The lowest BCUT2D eigenvalue weighted by Crippen LogP contribution is -2.09. The topological polar surface area (TPSA) is 321 Å². The van der Waals surface area contributed by atoms with Crippen molar-refractivity contribution in [2.24, 2.45) is 0 Å². The minimum absolute atomic E-state index is 0.0802. The van der Waals surface area contributed by atoms with Gasteiger partial charge in [0.1, 0.15) is 69.0 Å². The van der Waals surface area contributed by atoms with Crippen LogP contribution in [-0.4, -0.2) is 122 Å². The second-order valence-corrected chi connectivity index (χ2v) is 33.7. The van der Waals surface area contributed by atoms with Crippen molar-refractivity contribution >= 4 is 91.1 Å².